The number of nitrogens with zero attached hydrogens (tertiary/aromatic N) is 2. The van der Waals surface area contributed by atoms with Crippen LogP contribution in [0.4, 0.5) is 0 Å². The molecular formula is C9H15N3O2. The molecule has 0 bridgehead atoms. The topological polar surface area (TPSA) is 67.2 Å². The van der Waals surface area contributed by atoms with Crippen LogP contribution in [0.25, 0.3) is 0 Å². The third-order valence-corrected chi connectivity index (χ3v) is 1.89. The molecule has 0 aromatic carbocycles. The van der Waals surface area contributed by atoms with Crippen molar-refractivity contribution in [2.24, 2.45) is 7.05 Å². The van der Waals surface area contributed by atoms with E-state index in [4.69, 9.17) is 5.11 Å². The maximum atomic E-state index is 11.5. The predicted octanol–water partition coefficient (Wildman–Crippen LogP) is -0.0792. The number of hydrogen-bond donors (Lipinski definition) is 2. The summed E-state index contributed by atoms with van der Waals surface area (Å²) in [6, 6.07) is 1.62. The van der Waals surface area contributed by atoms with Crippen LogP contribution in [0.5, 0.6) is 0 Å². The van der Waals surface area contributed by atoms with Gasteiger partial charge in [0.1, 0.15) is 5.69 Å². The van der Waals surface area contributed by atoms with E-state index in [1.807, 2.05) is 6.92 Å². The SMILES string of the molecule is CC(CCO)NC(=O)c1ccn(C)n1. The van der Waals surface area contributed by atoms with Gasteiger partial charge in [0.25, 0.3) is 5.91 Å². The summed E-state index contributed by atoms with van der Waals surface area (Å²) in [4.78, 5) is 11.5. The number of hydrogen-bond acceptors (Lipinski definition) is 3. The van der Waals surface area contributed by atoms with E-state index in [0.29, 0.717) is 12.1 Å². The molecule has 1 atom stereocenters. The van der Waals surface area contributed by atoms with Gasteiger partial charge in [0.05, 0.1) is 0 Å². The Morgan fingerprint density at radius 3 is 3.00 bits per heavy atom. The number of aliphatic hydroxyl groups is 1. The summed E-state index contributed by atoms with van der Waals surface area (Å²) in [6.07, 6.45) is 2.27. The van der Waals surface area contributed by atoms with E-state index in [1.165, 1.54) is 0 Å². The van der Waals surface area contributed by atoms with Gasteiger partial charge in [-0.2, -0.15) is 5.10 Å². The molecule has 0 radical (unpaired) electrons. The molecule has 1 aromatic rings. The van der Waals surface area contributed by atoms with Crippen LogP contribution in [0.2, 0.25) is 0 Å². The first-order chi connectivity index (χ1) is 6.63. The van der Waals surface area contributed by atoms with Crippen molar-refractivity contribution >= 4 is 5.91 Å². The third-order valence-electron chi connectivity index (χ3n) is 1.89. The molecule has 1 rings (SSSR count). The number of aliphatic hydroxyl groups excluding tert-OH is 1. The average Bonchev–Trinajstić information content (AvgIpc) is 2.52. The maximum Gasteiger partial charge on any atom is 0.271 e. The molecule has 0 aliphatic carbocycles. The van der Waals surface area contributed by atoms with Crippen LogP contribution in [0.15, 0.2) is 12.3 Å². The van der Waals surface area contributed by atoms with Crippen LogP contribution in [0.1, 0.15) is 23.8 Å². The number of amides is 1. The first-order valence-corrected chi connectivity index (χ1v) is 4.55. The lowest BCUT2D eigenvalue weighted by atomic mass is 10.2. The minimum absolute atomic E-state index is 0.0329. The number of aromatic nitrogens is 2. The second kappa shape index (κ2) is 4.76. The van der Waals surface area contributed by atoms with Crippen LogP contribution >= 0.6 is 0 Å². The van der Waals surface area contributed by atoms with Crippen molar-refractivity contribution < 1.29 is 9.90 Å². The van der Waals surface area contributed by atoms with Crippen LogP contribution in [0.3, 0.4) is 0 Å². The Labute approximate surface area is 82.7 Å². The first kappa shape index (κ1) is 10.7. The number of rotatable bonds is 4. The Bertz CT molecular complexity index is 309. The fourth-order valence-corrected chi connectivity index (χ4v) is 1.10. The van der Waals surface area contributed by atoms with Crippen molar-refractivity contribution in [3.8, 4) is 0 Å². The van der Waals surface area contributed by atoms with Gasteiger partial charge in [-0.15, -0.1) is 0 Å². The summed E-state index contributed by atoms with van der Waals surface area (Å²) in [5.74, 6) is -0.202. The van der Waals surface area contributed by atoms with Crippen molar-refractivity contribution in [3.05, 3.63) is 18.0 Å². The highest BCUT2D eigenvalue weighted by Crippen LogP contribution is 1.96. The van der Waals surface area contributed by atoms with Gasteiger partial charge in [-0.25, -0.2) is 0 Å². The summed E-state index contributed by atoms with van der Waals surface area (Å²) in [6.45, 7) is 1.92. The summed E-state index contributed by atoms with van der Waals surface area (Å²) in [7, 11) is 1.76. The van der Waals surface area contributed by atoms with Crippen molar-refractivity contribution in [3.63, 3.8) is 0 Å². The van der Waals surface area contributed by atoms with E-state index in [9.17, 15) is 4.79 Å². The van der Waals surface area contributed by atoms with Gasteiger partial charge in [-0.05, 0) is 19.4 Å². The van der Waals surface area contributed by atoms with Crippen LogP contribution in [-0.2, 0) is 7.05 Å². The Hall–Kier alpha value is -1.36. The smallest absolute Gasteiger partial charge is 0.271 e. The number of aryl methyl sites for hydroxylation is 1. The summed E-state index contributed by atoms with van der Waals surface area (Å²) in [5, 5.41) is 15.4. The molecule has 5 nitrogen and oxygen atoms in total. The van der Waals surface area contributed by atoms with Gasteiger partial charge in [-0.3, -0.25) is 9.48 Å². The fraction of sp³-hybridized carbons (Fsp3) is 0.556. The lowest BCUT2D eigenvalue weighted by molar-refractivity contribution is 0.0928. The monoisotopic (exact) mass is 197 g/mol. The van der Waals surface area contributed by atoms with E-state index in [0.717, 1.165) is 0 Å². The summed E-state index contributed by atoms with van der Waals surface area (Å²) >= 11 is 0. The Kier molecular flexibility index (Phi) is 3.64. The molecule has 0 fully saturated rings. The van der Waals surface area contributed by atoms with Crippen molar-refractivity contribution in [1.29, 1.82) is 0 Å². The normalized spacial score (nSPS) is 12.5. The van der Waals surface area contributed by atoms with Crippen LogP contribution < -0.4 is 5.32 Å². The van der Waals surface area contributed by atoms with Crippen molar-refractivity contribution in [1.82, 2.24) is 15.1 Å². The first-order valence-electron chi connectivity index (χ1n) is 4.55. The number of carbonyl (C=O) groups is 1. The molecule has 0 saturated heterocycles. The number of nitrogens with one attached hydrogen (secondary N) is 1. The average molecular weight is 197 g/mol. The highest BCUT2D eigenvalue weighted by atomic mass is 16.3. The second-order valence-corrected chi connectivity index (χ2v) is 3.26. The van der Waals surface area contributed by atoms with E-state index >= 15 is 0 Å². The van der Waals surface area contributed by atoms with E-state index in [1.54, 1.807) is 24.0 Å². The standard InChI is InChI=1S/C9H15N3O2/c1-7(4-6-13)10-9(14)8-3-5-12(2)11-8/h3,5,7,13H,4,6H2,1-2H3,(H,10,14). The fourth-order valence-electron chi connectivity index (χ4n) is 1.10. The maximum absolute atomic E-state index is 11.5. The van der Waals surface area contributed by atoms with Gasteiger partial charge in [0, 0.05) is 25.9 Å². The zero-order valence-corrected chi connectivity index (χ0v) is 8.40. The predicted molar refractivity (Wildman–Crippen MR) is 51.8 cm³/mol. The molecule has 1 unspecified atom stereocenters. The van der Waals surface area contributed by atoms with Gasteiger partial charge in [0.2, 0.25) is 0 Å². The van der Waals surface area contributed by atoms with Crippen molar-refractivity contribution in [2.45, 2.75) is 19.4 Å². The molecule has 0 saturated carbocycles. The van der Waals surface area contributed by atoms with Crippen LogP contribution in [0, 0.1) is 0 Å². The van der Waals surface area contributed by atoms with Crippen molar-refractivity contribution in [2.75, 3.05) is 6.61 Å². The van der Waals surface area contributed by atoms with E-state index in [2.05, 4.69) is 10.4 Å². The molecule has 1 amide bonds. The van der Waals surface area contributed by atoms with E-state index < -0.39 is 0 Å². The minimum atomic E-state index is -0.202. The largest absolute Gasteiger partial charge is 0.396 e. The molecule has 0 aliphatic heterocycles. The van der Waals surface area contributed by atoms with Gasteiger partial charge in [0.15, 0.2) is 0 Å². The lowest BCUT2D eigenvalue weighted by Gasteiger charge is -2.10. The van der Waals surface area contributed by atoms with Gasteiger partial charge < -0.3 is 10.4 Å². The second-order valence-electron chi connectivity index (χ2n) is 3.26. The Morgan fingerprint density at radius 1 is 1.79 bits per heavy atom. The summed E-state index contributed by atoms with van der Waals surface area (Å²) in [5.41, 5.74) is 0.400. The molecule has 1 aromatic heterocycles. The minimum Gasteiger partial charge on any atom is -0.396 e. The molecule has 1 heterocycles. The Balaban J connectivity index is 2.50. The lowest BCUT2D eigenvalue weighted by Crippen LogP contribution is -2.33. The zero-order valence-electron chi connectivity index (χ0n) is 8.40. The quantitative estimate of drug-likeness (QED) is 0.709. The third kappa shape index (κ3) is 2.85. The molecule has 0 spiro atoms. The van der Waals surface area contributed by atoms with Gasteiger partial charge >= 0.3 is 0 Å². The molecular weight excluding hydrogens is 182 g/mol. The van der Waals surface area contributed by atoms with E-state index in [-0.39, 0.29) is 18.6 Å². The number of carbonyl (C=O) groups excluding carboxylic acids is 1. The highest BCUT2D eigenvalue weighted by molar-refractivity contribution is 5.92. The molecule has 78 valence electrons. The summed E-state index contributed by atoms with van der Waals surface area (Å²) < 4.78 is 1.58. The van der Waals surface area contributed by atoms with Crippen LogP contribution in [-0.4, -0.2) is 33.4 Å². The Morgan fingerprint density at radius 2 is 2.50 bits per heavy atom. The highest BCUT2D eigenvalue weighted by Gasteiger charge is 2.11. The molecule has 5 heteroatoms. The molecule has 14 heavy (non-hydrogen) atoms. The molecule has 0 aliphatic rings. The van der Waals surface area contributed by atoms with Gasteiger partial charge in [-0.1, -0.05) is 0 Å². The zero-order chi connectivity index (χ0) is 10.6. The molecule has 2 N–H and O–H groups in total.